The maximum absolute atomic E-state index is 13.8. The highest BCUT2D eigenvalue weighted by atomic mass is 19.4. The highest BCUT2D eigenvalue weighted by Crippen LogP contribution is 2.26. The number of benzene rings is 1. The summed E-state index contributed by atoms with van der Waals surface area (Å²) in [6.07, 6.45) is 11.2. The molecule has 6 N–H and O–H groups in total. The molecular formula is C53H70F3N9O16. The number of H-pyrrole nitrogens is 1. The van der Waals surface area contributed by atoms with Crippen molar-refractivity contribution in [3.8, 4) is 37.0 Å². The Morgan fingerprint density at radius 3 is 1.70 bits per heavy atom. The molecule has 0 saturated carbocycles. The second-order valence-electron chi connectivity index (χ2n) is 18.2. The molecule has 2 aromatic heterocycles. The van der Waals surface area contributed by atoms with Crippen molar-refractivity contribution < 1.29 is 84.5 Å². The van der Waals surface area contributed by atoms with E-state index in [2.05, 4.69) is 53.6 Å². The van der Waals surface area contributed by atoms with Crippen molar-refractivity contribution >= 4 is 52.4 Å². The summed E-state index contributed by atoms with van der Waals surface area (Å²) >= 11 is 0. The van der Waals surface area contributed by atoms with Gasteiger partial charge in [-0.3, -0.25) is 33.9 Å². The molecule has 0 saturated heterocycles. The zero-order chi connectivity index (χ0) is 59.5. The summed E-state index contributed by atoms with van der Waals surface area (Å²) in [7, 11) is 0. The fraction of sp³-hybridized carbons (Fsp3) is 0.566. The number of nitrogens with one attached hydrogen (secondary N) is 4. The van der Waals surface area contributed by atoms with E-state index in [1.807, 2.05) is 0 Å². The summed E-state index contributed by atoms with van der Waals surface area (Å²) in [5.41, 5.74) is 1.60. The lowest BCUT2D eigenvalue weighted by Gasteiger charge is -2.33. The molecule has 25 nitrogen and oxygen atoms in total. The van der Waals surface area contributed by atoms with E-state index in [4.69, 9.17) is 72.4 Å². The van der Waals surface area contributed by atoms with Crippen molar-refractivity contribution in [3.63, 3.8) is 0 Å². The largest absolute Gasteiger partial charge is 0.471 e. The number of terminal acetylenes is 3. The molecule has 1 atom stereocenters. The van der Waals surface area contributed by atoms with Crippen LogP contribution in [0.2, 0.25) is 0 Å². The van der Waals surface area contributed by atoms with Crippen LogP contribution in [0.5, 0.6) is 0 Å². The van der Waals surface area contributed by atoms with Crippen LogP contribution in [0.1, 0.15) is 56.1 Å². The van der Waals surface area contributed by atoms with E-state index in [1.54, 1.807) is 20.8 Å². The van der Waals surface area contributed by atoms with Crippen LogP contribution >= 0.6 is 0 Å². The SMILES string of the molecule is C#CCOCC(COCC#C)(COCC#C)NC(=O)CCOCCOCCOCCOCCOCCOCCNC(=O)CC[C@H](NC(=O)c1ccc(N(Cc2cnc3nc(N)[nH]c(=O)c3n2)C(=O)C(F)(F)F)cc1)C(=O)OC(C)(C)C. The predicted molar refractivity (Wildman–Crippen MR) is 285 cm³/mol. The molecule has 81 heavy (non-hydrogen) atoms. The van der Waals surface area contributed by atoms with Crippen molar-refractivity contribution in [3.05, 3.63) is 52.1 Å². The van der Waals surface area contributed by atoms with Crippen molar-refractivity contribution in [2.45, 2.75) is 69.9 Å². The molecule has 0 radical (unpaired) electrons. The predicted octanol–water partition coefficient (Wildman–Crippen LogP) is 1.02. The van der Waals surface area contributed by atoms with Gasteiger partial charge in [0.25, 0.3) is 11.5 Å². The number of hydrogen-bond acceptors (Lipinski definition) is 20. The van der Waals surface area contributed by atoms with Gasteiger partial charge in [-0.1, -0.05) is 17.8 Å². The Balaban J connectivity index is 1.27. The number of nitrogen functional groups attached to an aromatic ring is 1. The van der Waals surface area contributed by atoms with Gasteiger partial charge >= 0.3 is 18.1 Å². The van der Waals surface area contributed by atoms with Gasteiger partial charge in [0.15, 0.2) is 11.2 Å². The number of aromatic amines is 1. The van der Waals surface area contributed by atoms with E-state index >= 15 is 0 Å². The molecule has 0 unspecified atom stereocenters. The van der Waals surface area contributed by atoms with Gasteiger partial charge in [0, 0.05) is 30.6 Å². The number of alkyl halides is 3. The van der Waals surface area contributed by atoms with Crippen LogP contribution in [0.25, 0.3) is 11.2 Å². The normalized spacial score (nSPS) is 11.9. The van der Waals surface area contributed by atoms with Gasteiger partial charge in [0.05, 0.1) is 118 Å². The Hall–Kier alpha value is -7.30. The maximum atomic E-state index is 13.8. The fourth-order valence-electron chi connectivity index (χ4n) is 6.80. The van der Waals surface area contributed by atoms with Crippen LogP contribution < -0.4 is 32.1 Å². The Morgan fingerprint density at radius 2 is 1.21 bits per heavy atom. The van der Waals surface area contributed by atoms with Crippen molar-refractivity contribution in [1.29, 1.82) is 0 Å². The van der Waals surface area contributed by atoms with Crippen LogP contribution in [0.4, 0.5) is 24.8 Å². The first-order valence-corrected chi connectivity index (χ1v) is 25.3. The Labute approximate surface area is 466 Å². The van der Waals surface area contributed by atoms with Crippen LogP contribution in [0.15, 0.2) is 35.3 Å². The molecule has 0 fully saturated rings. The number of hydrogen-bond donors (Lipinski definition) is 5. The van der Waals surface area contributed by atoms with Gasteiger partial charge in [-0.25, -0.2) is 14.8 Å². The molecule has 28 heteroatoms. The third-order valence-electron chi connectivity index (χ3n) is 10.4. The van der Waals surface area contributed by atoms with Crippen LogP contribution in [0.3, 0.4) is 0 Å². The first kappa shape index (κ1) is 68.0. The highest BCUT2D eigenvalue weighted by Gasteiger charge is 2.43. The Bertz CT molecular complexity index is 2580. The summed E-state index contributed by atoms with van der Waals surface area (Å²) in [4.78, 5) is 91.2. The summed E-state index contributed by atoms with van der Waals surface area (Å²) in [5.74, 6) is 2.13. The zero-order valence-electron chi connectivity index (χ0n) is 45.5. The van der Waals surface area contributed by atoms with E-state index in [0.717, 1.165) is 30.5 Å². The molecule has 1 aromatic carbocycles. The molecule has 0 aliphatic carbocycles. The smallest absolute Gasteiger partial charge is 0.458 e. The number of rotatable bonds is 40. The molecule has 3 rings (SSSR count). The van der Waals surface area contributed by atoms with Gasteiger partial charge in [-0.2, -0.15) is 18.2 Å². The number of halogens is 3. The first-order chi connectivity index (χ1) is 38.7. The number of anilines is 2. The van der Waals surface area contributed by atoms with Crippen molar-refractivity contribution in [2.75, 3.05) is 136 Å². The van der Waals surface area contributed by atoms with Gasteiger partial charge < -0.3 is 69.1 Å². The number of carbonyl (C=O) groups is 5. The minimum absolute atomic E-state index is 0.00814. The first-order valence-electron chi connectivity index (χ1n) is 25.3. The number of aromatic nitrogens is 4. The lowest BCUT2D eigenvalue weighted by atomic mass is 10.0. The molecule has 3 aromatic rings. The number of fused-ring (bicyclic) bond motifs is 1. The van der Waals surface area contributed by atoms with Gasteiger partial charge in [0.2, 0.25) is 17.8 Å². The van der Waals surface area contributed by atoms with Crippen LogP contribution in [0, 0.1) is 37.0 Å². The van der Waals surface area contributed by atoms with E-state index in [-0.39, 0.29) is 138 Å². The minimum atomic E-state index is -5.33. The monoisotopic (exact) mass is 1150 g/mol. The van der Waals surface area contributed by atoms with E-state index < -0.39 is 59.2 Å². The standard InChI is InChI=1S/C53H70F3N9O16/c1-7-18-78-35-52(36-79-19-8-2,37-80-20-9-3)64-43(67)16-21-72-23-25-74-27-29-76-31-32-77-30-28-75-26-24-73-22-17-58-42(66)15-14-41(48(70)81-51(4,5)6)61-46(68)38-10-12-40(13-11-38)65(49(71)53(54,55)56)34-39-33-59-45-44(60-39)47(69)63-50(57)62-45/h1-3,10-13,33,41H,14-32,34-37H2,4-6H3,(H,58,66)(H,61,68)(H,64,67)(H3,57,59,62,63,69)/t41-/m0/s1. The molecule has 0 aliphatic heterocycles. The van der Waals surface area contributed by atoms with Crippen molar-refractivity contribution in [1.82, 2.24) is 35.9 Å². The third kappa shape index (κ3) is 27.6. The summed E-state index contributed by atoms with van der Waals surface area (Å²) < 4.78 is 96.2. The molecule has 2 heterocycles. The van der Waals surface area contributed by atoms with E-state index in [0.29, 0.717) is 51.1 Å². The molecule has 444 valence electrons. The second-order valence-corrected chi connectivity index (χ2v) is 18.2. The fourth-order valence-corrected chi connectivity index (χ4v) is 6.80. The second kappa shape index (κ2) is 36.9. The molecular weight excluding hydrogens is 1080 g/mol. The molecule has 0 bridgehead atoms. The van der Waals surface area contributed by atoms with Crippen LogP contribution in [-0.2, 0) is 73.1 Å². The average Bonchev–Trinajstić information content (AvgIpc) is 3.41. The average molecular weight is 1150 g/mol. The number of amides is 4. The van der Waals surface area contributed by atoms with Gasteiger partial charge in [-0.05, 0) is 51.5 Å². The summed E-state index contributed by atoms with van der Waals surface area (Å²) in [6.45, 7) is 7.56. The molecule has 4 amide bonds. The minimum Gasteiger partial charge on any atom is -0.458 e. The number of ether oxygens (including phenoxy) is 10. The molecule has 0 aliphatic rings. The lowest BCUT2D eigenvalue weighted by molar-refractivity contribution is -0.170. The highest BCUT2D eigenvalue weighted by molar-refractivity contribution is 5.99. The quantitative estimate of drug-likeness (QED) is 0.0302. The van der Waals surface area contributed by atoms with Gasteiger partial charge in [0.1, 0.15) is 37.0 Å². The van der Waals surface area contributed by atoms with E-state index in [9.17, 15) is 41.9 Å². The molecule has 0 spiro atoms. The number of nitrogens with zero attached hydrogens (tertiary/aromatic N) is 4. The summed E-state index contributed by atoms with van der Waals surface area (Å²) in [6, 6.07) is 3.11. The third-order valence-corrected chi connectivity index (χ3v) is 10.4. The lowest BCUT2D eigenvalue weighted by Crippen LogP contribution is -2.58. The number of carbonyl (C=O) groups excluding carboxylic acids is 5. The Kier molecular flexibility index (Phi) is 30.9. The van der Waals surface area contributed by atoms with Crippen molar-refractivity contribution in [2.24, 2.45) is 0 Å². The zero-order valence-corrected chi connectivity index (χ0v) is 45.5. The van der Waals surface area contributed by atoms with Crippen LogP contribution in [-0.4, -0.2) is 198 Å². The maximum Gasteiger partial charge on any atom is 0.471 e. The number of nitrogens with two attached hydrogens (primary N) is 1. The summed E-state index contributed by atoms with van der Waals surface area (Å²) in [5, 5.41) is 8.06. The number of esters is 1. The van der Waals surface area contributed by atoms with Gasteiger partial charge in [-0.15, -0.1) is 19.3 Å². The van der Waals surface area contributed by atoms with E-state index in [1.165, 1.54) is 0 Å². The topological polar surface area (TPSA) is 315 Å². The Morgan fingerprint density at radius 1 is 0.704 bits per heavy atom.